The third kappa shape index (κ3) is 3.36. The molecule has 0 saturated heterocycles. The second-order valence-corrected chi connectivity index (χ2v) is 6.47. The van der Waals surface area contributed by atoms with E-state index in [0.29, 0.717) is 17.2 Å². The lowest BCUT2D eigenvalue weighted by Crippen LogP contribution is -2.22. The molecule has 0 bridgehead atoms. The first kappa shape index (κ1) is 14.3. The third-order valence-electron chi connectivity index (χ3n) is 3.32. The summed E-state index contributed by atoms with van der Waals surface area (Å²) < 4.78 is 1.75. The summed E-state index contributed by atoms with van der Waals surface area (Å²) >= 11 is 1.45. The molecule has 21 heavy (non-hydrogen) atoms. The molecule has 112 valence electrons. The predicted octanol–water partition coefficient (Wildman–Crippen LogP) is 1.95. The molecular formula is C14H19N5OS. The van der Waals surface area contributed by atoms with E-state index in [2.05, 4.69) is 40.4 Å². The molecule has 2 aromatic rings. The zero-order valence-corrected chi connectivity index (χ0v) is 13.0. The number of rotatable bonds is 6. The van der Waals surface area contributed by atoms with Gasteiger partial charge in [-0.15, -0.1) is 5.10 Å². The van der Waals surface area contributed by atoms with Crippen LogP contribution in [0.15, 0.2) is 33.3 Å². The van der Waals surface area contributed by atoms with Crippen molar-refractivity contribution in [2.75, 3.05) is 0 Å². The van der Waals surface area contributed by atoms with Gasteiger partial charge < -0.3 is 5.32 Å². The second kappa shape index (κ2) is 6.03. The maximum atomic E-state index is 11.8. The van der Waals surface area contributed by atoms with Crippen molar-refractivity contribution in [3.05, 3.63) is 34.4 Å². The Morgan fingerprint density at radius 2 is 2.33 bits per heavy atom. The van der Waals surface area contributed by atoms with Crippen molar-refractivity contribution in [3.8, 4) is 0 Å². The number of hydrogen-bond donors (Lipinski definition) is 2. The van der Waals surface area contributed by atoms with Gasteiger partial charge in [0.2, 0.25) is 0 Å². The molecule has 1 saturated carbocycles. The van der Waals surface area contributed by atoms with Gasteiger partial charge in [-0.25, -0.2) is 14.9 Å². The summed E-state index contributed by atoms with van der Waals surface area (Å²) in [5.41, 5.74) is 0.992. The molecule has 2 aromatic heterocycles. The van der Waals surface area contributed by atoms with Gasteiger partial charge in [0.1, 0.15) is 5.03 Å². The number of nitrogens with zero attached hydrogens (tertiary/aromatic N) is 3. The van der Waals surface area contributed by atoms with Crippen molar-refractivity contribution in [2.45, 2.75) is 55.5 Å². The van der Waals surface area contributed by atoms with Gasteiger partial charge >= 0.3 is 5.69 Å². The number of H-pyrrole nitrogens is 1. The summed E-state index contributed by atoms with van der Waals surface area (Å²) in [7, 11) is 0. The van der Waals surface area contributed by atoms with E-state index in [1.54, 1.807) is 10.8 Å². The lowest BCUT2D eigenvalue weighted by Gasteiger charge is -2.11. The van der Waals surface area contributed by atoms with Crippen LogP contribution in [0.25, 0.3) is 0 Å². The molecule has 0 unspecified atom stereocenters. The molecule has 2 N–H and O–H groups in total. The van der Waals surface area contributed by atoms with Crippen LogP contribution in [0, 0.1) is 0 Å². The van der Waals surface area contributed by atoms with E-state index in [1.807, 2.05) is 6.07 Å². The largest absolute Gasteiger partial charge is 0.344 e. The van der Waals surface area contributed by atoms with Gasteiger partial charge in [0, 0.05) is 24.8 Å². The summed E-state index contributed by atoms with van der Waals surface area (Å²) in [5.74, 6) is 0. The first-order valence-electron chi connectivity index (χ1n) is 7.17. The van der Waals surface area contributed by atoms with E-state index in [-0.39, 0.29) is 5.69 Å². The Kier molecular flexibility index (Phi) is 4.12. The summed E-state index contributed by atoms with van der Waals surface area (Å²) in [6.07, 6.45) is 3.88. The highest BCUT2D eigenvalue weighted by molar-refractivity contribution is 7.99. The Morgan fingerprint density at radius 1 is 1.52 bits per heavy atom. The minimum atomic E-state index is -0.127. The van der Waals surface area contributed by atoms with Gasteiger partial charge in [-0.1, -0.05) is 19.9 Å². The summed E-state index contributed by atoms with van der Waals surface area (Å²) in [6.45, 7) is 4.98. The number of pyridine rings is 1. The Labute approximate surface area is 127 Å². The molecule has 0 atom stereocenters. The van der Waals surface area contributed by atoms with Crippen molar-refractivity contribution in [2.24, 2.45) is 0 Å². The zero-order valence-electron chi connectivity index (χ0n) is 12.2. The Bertz CT molecular complexity index is 674. The van der Waals surface area contributed by atoms with Crippen LogP contribution in [0.3, 0.4) is 0 Å². The fourth-order valence-electron chi connectivity index (χ4n) is 2.07. The third-order valence-corrected chi connectivity index (χ3v) is 4.35. The Balaban J connectivity index is 1.83. The highest BCUT2D eigenvalue weighted by Gasteiger charge is 2.29. The van der Waals surface area contributed by atoms with Crippen LogP contribution in [0.5, 0.6) is 0 Å². The van der Waals surface area contributed by atoms with Gasteiger partial charge in [0.25, 0.3) is 0 Å². The number of aromatic amines is 1. The minimum Gasteiger partial charge on any atom is -0.310 e. The van der Waals surface area contributed by atoms with E-state index in [4.69, 9.17) is 0 Å². The molecule has 0 aliphatic heterocycles. The van der Waals surface area contributed by atoms with Crippen LogP contribution < -0.4 is 11.0 Å². The summed E-state index contributed by atoms with van der Waals surface area (Å²) in [5, 5.41) is 11.7. The maximum Gasteiger partial charge on any atom is 0.344 e. The Morgan fingerprint density at radius 3 is 3.05 bits per heavy atom. The molecule has 1 aliphatic rings. The van der Waals surface area contributed by atoms with Crippen LogP contribution >= 0.6 is 11.8 Å². The molecule has 3 rings (SSSR count). The SMILES string of the molecule is CC(C)NCc1cccnc1Sc1n[nH]c(=O)n1C1CC1. The van der Waals surface area contributed by atoms with Crippen molar-refractivity contribution in [3.63, 3.8) is 0 Å². The Hall–Kier alpha value is -1.60. The van der Waals surface area contributed by atoms with E-state index < -0.39 is 0 Å². The lowest BCUT2D eigenvalue weighted by atomic mass is 10.2. The number of nitrogens with one attached hydrogen (secondary N) is 2. The van der Waals surface area contributed by atoms with E-state index >= 15 is 0 Å². The molecule has 1 aliphatic carbocycles. The monoisotopic (exact) mass is 305 g/mol. The van der Waals surface area contributed by atoms with Crippen LogP contribution in [0.4, 0.5) is 0 Å². The van der Waals surface area contributed by atoms with Crippen LogP contribution in [0.1, 0.15) is 38.3 Å². The fraction of sp³-hybridized carbons (Fsp3) is 0.500. The van der Waals surface area contributed by atoms with Gasteiger partial charge in [-0.3, -0.25) is 4.57 Å². The normalized spacial score (nSPS) is 14.8. The summed E-state index contributed by atoms with van der Waals surface area (Å²) in [6, 6.07) is 4.70. The maximum absolute atomic E-state index is 11.8. The highest BCUT2D eigenvalue weighted by atomic mass is 32.2. The standard InChI is InChI=1S/C14H19N5OS/c1-9(2)16-8-10-4-3-7-15-12(10)21-14-18-17-13(20)19(14)11-5-6-11/h3-4,7,9,11,16H,5-6,8H2,1-2H3,(H,17,20). The van der Waals surface area contributed by atoms with Crippen LogP contribution in [-0.4, -0.2) is 25.8 Å². The van der Waals surface area contributed by atoms with Crippen molar-refractivity contribution < 1.29 is 0 Å². The fourth-order valence-corrected chi connectivity index (χ4v) is 3.05. The molecule has 1 fully saturated rings. The van der Waals surface area contributed by atoms with E-state index in [0.717, 1.165) is 30.0 Å². The van der Waals surface area contributed by atoms with Crippen molar-refractivity contribution >= 4 is 11.8 Å². The average Bonchev–Trinajstić information content (AvgIpc) is 3.23. The van der Waals surface area contributed by atoms with Crippen LogP contribution in [0.2, 0.25) is 0 Å². The molecule has 6 nitrogen and oxygen atoms in total. The number of hydrogen-bond acceptors (Lipinski definition) is 5. The molecule has 0 aromatic carbocycles. The minimum absolute atomic E-state index is 0.127. The molecule has 0 amide bonds. The second-order valence-electron chi connectivity index (χ2n) is 5.52. The smallest absolute Gasteiger partial charge is 0.310 e. The highest BCUT2D eigenvalue weighted by Crippen LogP contribution is 2.37. The molecule has 2 heterocycles. The summed E-state index contributed by atoms with van der Waals surface area (Å²) in [4.78, 5) is 16.2. The molecule has 7 heteroatoms. The molecule has 0 spiro atoms. The quantitative estimate of drug-likeness (QED) is 0.853. The topological polar surface area (TPSA) is 75.6 Å². The molecular weight excluding hydrogens is 286 g/mol. The van der Waals surface area contributed by atoms with Gasteiger partial charge in [0.15, 0.2) is 5.16 Å². The van der Waals surface area contributed by atoms with E-state index in [9.17, 15) is 4.79 Å². The average molecular weight is 305 g/mol. The van der Waals surface area contributed by atoms with Crippen molar-refractivity contribution in [1.29, 1.82) is 0 Å². The van der Waals surface area contributed by atoms with Gasteiger partial charge in [-0.05, 0) is 36.2 Å². The first-order chi connectivity index (χ1) is 10.1. The van der Waals surface area contributed by atoms with Gasteiger partial charge in [0.05, 0.1) is 0 Å². The number of aromatic nitrogens is 4. The van der Waals surface area contributed by atoms with Crippen LogP contribution in [-0.2, 0) is 6.54 Å². The van der Waals surface area contributed by atoms with E-state index in [1.165, 1.54) is 11.8 Å². The molecule has 0 radical (unpaired) electrons. The lowest BCUT2D eigenvalue weighted by molar-refractivity contribution is 0.582. The first-order valence-corrected chi connectivity index (χ1v) is 7.99. The van der Waals surface area contributed by atoms with Crippen molar-refractivity contribution in [1.82, 2.24) is 25.1 Å². The zero-order chi connectivity index (χ0) is 14.8. The van der Waals surface area contributed by atoms with Gasteiger partial charge in [-0.2, -0.15) is 0 Å². The predicted molar refractivity (Wildman–Crippen MR) is 81.5 cm³/mol.